The lowest BCUT2D eigenvalue weighted by Crippen LogP contribution is -2.55. The SMILES string of the molecule is Cc1ccc(C(=O)CCC(=O)N2CC(=O)N3CCc4ccccc4C3C2)cc1C. The summed E-state index contributed by atoms with van der Waals surface area (Å²) in [5.74, 6) is -0.169. The van der Waals surface area contributed by atoms with Crippen molar-refractivity contribution in [3.8, 4) is 0 Å². The normalized spacial score (nSPS) is 18.3. The first-order chi connectivity index (χ1) is 13.9. The third-order valence-corrected chi connectivity index (χ3v) is 6.20. The van der Waals surface area contributed by atoms with Crippen molar-refractivity contribution in [1.29, 1.82) is 0 Å². The van der Waals surface area contributed by atoms with Crippen LogP contribution in [0, 0.1) is 13.8 Å². The molecular weight excluding hydrogens is 364 g/mol. The molecule has 0 saturated carbocycles. The largest absolute Gasteiger partial charge is 0.332 e. The molecule has 2 amide bonds. The summed E-state index contributed by atoms with van der Waals surface area (Å²) >= 11 is 0. The fourth-order valence-electron chi connectivity index (χ4n) is 4.30. The van der Waals surface area contributed by atoms with Gasteiger partial charge in [-0.25, -0.2) is 0 Å². The highest BCUT2D eigenvalue weighted by Gasteiger charge is 2.38. The number of rotatable bonds is 4. The van der Waals surface area contributed by atoms with E-state index in [1.165, 1.54) is 5.56 Å². The van der Waals surface area contributed by atoms with Crippen LogP contribution in [0.15, 0.2) is 42.5 Å². The number of nitrogens with zero attached hydrogens (tertiary/aromatic N) is 2. The lowest BCUT2D eigenvalue weighted by Gasteiger charge is -2.44. The lowest BCUT2D eigenvalue weighted by molar-refractivity contribution is -0.149. The Morgan fingerprint density at radius 3 is 2.62 bits per heavy atom. The number of fused-ring (bicyclic) bond motifs is 3. The highest BCUT2D eigenvalue weighted by molar-refractivity contribution is 5.98. The minimum Gasteiger partial charge on any atom is -0.332 e. The Morgan fingerprint density at radius 1 is 1.03 bits per heavy atom. The Bertz CT molecular complexity index is 982. The maximum absolute atomic E-state index is 12.8. The fraction of sp³-hybridized carbons (Fsp3) is 0.375. The van der Waals surface area contributed by atoms with Gasteiger partial charge in [0.1, 0.15) is 0 Å². The van der Waals surface area contributed by atoms with Crippen LogP contribution in [0.1, 0.15) is 51.5 Å². The van der Waals surface area contributed by atoms with Gasteiger partial charge in [-0.3, -0.25) is 14.4 Å². The zero-order valence-electron chi connectivity index (χ0n) is 17.0. The summed E-state index contributed by atoms with van der Waals surface area (Å²) in [4.78, 5) is 41.5. The number of Topliss-reactive ketones (excluding diaryl/α,β-unsaturated/α-hetero) is 1. The number of benzene rings is 2. The number of hydrogen-bond acceptors (Lipinski definition) is 3. The summed E-state index contributed by atoms with van der Waals surface area (Å²) < 4.78 is 0. The predicted octanol–water partition coefficient (Wildman–Crippen LogP) is 3.23. The molecule has 0 spiro atoms. The molecule has 29 heavy (non-hydrogen) atoms. The molecule has 150 valence electrons. The van der Waals surface area contributed by atoms with Crippen molar-refractivity contribution in [2.75, 3.05) is 19.6 Å². The quantitative estimate of drug-likeness (QED) is 0.753. The monoisotopic (exact) mass is 390 g/mol. The third kappa shape index (κ3) is 3.82. The van der Waals surface area contributed by atoms with E-state index >= 15 is 0 Å². The molecule has 2 heterocycles. The van der Waals surface area contributed by atoms with Crippen molar-refractivity contribution in [3.63, 3.8) is 0 Å². The van der Waals surface area contributed by atoms with Gasteiger partial charge in [0, 0.05) is 31.5 Å². The summed E-state index contributed by atoms with van der Waals surface area (Å²) in [5.41, 5.74) is 5.24. The van der Waals surface area contributed by atoms with E-state index in [-0.39, 0.29) is 43.0 Å². The number of ketones is 1. The minimum atomic E-state index is -0.127. The number of piperazine rings is 1. The van der Waals surface area contributed by atoms with Gasteiger partial charge in [0.05, 0.1) is 12.6 Å². The van der Waals surface area contributed by atoms with E-state index in [1.807, 2.05) is 49.1 Å². The third-order valence-electron chi connectivity index (χ3n) is 6.20. The minimum absolute atomic E-state index is 0.00964. The van der Waals surface area contributed by atoms with Crippen LogP contribution >= 0.6 is 0 Å². The van der Waals surface area contributed by atoms with Crippen LogP contribution < -0.4 is 0 Å². The van der Waals surface area contributed by atoms with E-state index in [9.17, 15) is 14.4 Å². The van der Waals surface area contributed by atoms with Gasteiger partial charge in [0.25, 0.3) is 0 Å². The van der Waals surface area contributed by atoms with Crippen molar-refractivity contribution >= 4 is 17.6 Å². The van der Waals surface area contributed by atoms with Crippen molar-refractivity contribution in [2.24, 2.45) is 0 Å². The van der Waals surface area contributed by atoms with Gasteiger partial charge in [-0.1, -0.05) is 36.4 Å². The molecule has 0 aromatic heterocycles. The molecule has 1 fully saturated rings. The molecule has 2 aromatic carbocycles. The zero-order chi connectivity index (χ0) is 20.5. The van der Waals surface area contributed by atoms with Crippen LogP contribution in [0.2, 0.25) is 0 Å². The number of carbonyl (C=O) groups excluding carboxylic acids is 3. The molecule has 1 atom stereocenters. The molecule has 5 heteroatoms. The molecule has 5 nitrogen and oxygen atoms in total. The van der Waals surface area contributed by atoms with Crippen LogP contribution in [0.5, 0.6) is 0 Å². The number of carbonyl (C=O) groups is 3. The van der Waals surface area contributed by atoms with Gasteiger partial charge in [-0.2, -0.15) is 0 Å². The molecule has 0 radical (unpaired) electrons. The highest BCUT2D eigenvalue weighted by Crippen LogP contribution is 2.33. The highest BCUT2D eigenvalue weighted by atomic mass is 16.2. The Labute approximate surface area is 171 Å². The van der Waals surface area contributed by atoms with Crippen LogP contribution in [0.25, 0.3) is 0 Å². The second-order valence-electron chi connectivity index (χ2n) is 8.05. The standard InChI is InChI=1S/C24H26N2O3/c1-16-7-8-19(13-17(16)2)22(27)9-10-23(28)25-14-21-20-6-4-3-5-18(20)11-12-26(21)24(29)15-25/h3-8,13,21H,9-12,14-15H2,1-2H3. The summed E-state index contributed by atoms with van der Waals surface area (Å²) in [6.07, 6.45) is 1.15. The first-order valence-electron chi connectivity index (χ1n) is 10.2. The zero-order valence-corrected chi connectivity index (χ0v) is 17.0. The lowest BCUT2D eigenvalue weighted by atomic mass is 9.90. The van der Waals surface area contributed by atoms with E-state index in [1.54, 1.807) is 4.90 Å². The number of hydrogen-bond donors (Lipinski definition) is 0. The van der Waals surface area contributed by atoms with Crippen molar-refractivity contribution < 1.29 is 14.4 Å². The molecule has 2 aliphatic heterocycles. The fourth-order valence-corrected chi connectivity index (χ4v) is 4.30. The average Bonchev–Trinajstić information content (AvgIpc) is 2.73. The van der Waals surface area contributed by atoms with Gasteiger partial charge in [-0.05, 0) is 48.6 Å². The second kappa shape index (κ2) is 7.82. The molecule has 0 bridgehead atoms. The maximum atomic E-state index is 12.8. The number of aryl methyl sites for hydroxylation is 2. The van der Waals surface area contributed by atoms with E-state index in [2.05, 4.69) is 12.1 Å². The summed E-state index contributed by atoms with van der Waals surface area (Å²) in [6, 6.07) is 13.7. The smallest absolute Gasteiger partial charge is 0.242 e. The predicted molar refractivity (Wildman–Crippen MR) is 111 cm³/mol. The molecule has 2 aliphatic rings. The Balaban J connectivity index is 1.42. The molecule has 4 rings (SSSR count). The topological polar surface area (TPSA) is 57.7 Å². The summed E-state index contributed by atoms with van der Waals surface area (Å²) in [7, 11) is 0. The number of amides is 2. The van der Waals surface area contributed by atoms with Crippen LogP contribution in [0.3, 0.4) is 0 Å². The summed E-state index contributed by atoms with van der Waals surface area (Å²) in [6.45, 7) is 5.29. The molecular formula is C24H26N2O3. The van der Waals surface area contributed by atoms with Crippen molar-refractivity contribution in [1.82, 2.24) is 9.80 Å². The van der Waals surface area contributed by atoms with Gasteiger partial charge < -0.3 is 9.80 Å². The van der Waals surface area contributed by atoms with Gasteiger partial charge in [0.2, 0.25) is 11.8 Å². The molecule has 1 unspecified atom stereocenters. The second-order valence-corrected chi connectivity index (χ2v) is 8.05. The van der Waals surface area contributed by atoms with E-state index in [0.29, 0.717) is 18.7 Å². The summed E-state index contributed by atoms with van der Waals surface area (Å²) in [5, 5.41) is 0. The molecule has 2 aromatic rings. The average molecular weight is 390 g/mol. The first-order valence-corrected chi connectivity index (χ1v) is 10.2. The van der Waals surface area contributed by atoms with Gasteiger partial charge in [-0.15, -0.1) is 0 Å². The van der Waals surface area contributed by atoms with E-state index < -0.39 is 0 Å². The van der Waals surface area contributed by atoms with Crippen molar-refractivity contribution in [2.45, 2.75) is 39.2 Å². The molecule has 0 N–H and O–H groups in total. The van der Waals surface area contributed by atoms with E-state index in [0.717, 1.165) is 23.1 Å². The molecule has 1 saturated heterocycles. The van der Waals surface area contributed by atoms with Crippen LogP contribution in [-0.4, -0.2) is 47.0 Å². The van der Waals surface area contributed by atoms with Crippen molar-refractivity contribution in [3.05, 3.63) is 70.3 Å². The Kier molecular flexibility index (Phi) is 5.22. The first kappa shape index (κ1) is 19.4. The molecule has 0 aliphatic carbocycles. The van der Waals surface area contributed by atoms with Gasteiger partial charge >= 0.3 is 0 Å². The maximum Gasteiger partial charge on any atom is 0.242 e. The van der Waals surface area contributed by atoms with Crippen LogP contribution in [-0.2, 0) is 16.0 Å². The van der Waals surface area contributed by atoms with Gasteiger partial charge in [0.15, 0.2) is 5.78 Å². The Hall–Kier alpha value is -2.95. The van der Waals surface area contributed by atoms with Crippen LogP contribution in [0.4, 0.5) is 0 Å². The van der Waals surface area contributed by atoms with E-state index in [4.69, 9.17) is 0 Å². The Morgan fingerprint density at radius 2 is 1.83 bits per heavy atom.